The lowest BCUT2D eigenvalue weighted by Gasteiger charge is -2.28. The molecule has 0 amide bonds. The Labute approximate surface area is 118 Å². The van der Waals surface area contributed by atoms with Crippen molar-refractivity contribution in [1.82, 2.24) is 10.2 Å². The van der Waals surface area contributed by atoms with Crippen molar-refractivity contribution in [3.05, 3.63) is 22.7 Å². The first-order valence-corrected chi connectivity index (χ1v) is 7.22. The quantitative estimate of drug-likeness (QED) is 0.912. The highest BCUT2D eigenvalue weighted by Crippen LogP contribution is 2.40. The third kappa shape index (κ3) is 2.96. The van der Waals surface area contributed by atoms with Gasteiger partial charge in [-0.3, -0.25) is 0 Å². The summed E-state index contributed by atoms with van der Waals surface area (Å²) in [6.45, 7) is 6.64. The second-order valence-corrected chi connectivity index (χ2v) is 5.31. The van der Waals surface area contributed by atoms with E-state index in [0.29, 0.717) is 24.0 Å². The molecule has 5 heteroatoms. The predicted molar refractivity (Wildman–Crippen MR) is 75.5 cm³/mol. The van der Waals surface area contributed by atoms with Crippen LogP contribution in [-0.2, 0) is 6.42 Å². The molecule has 0 aliphatic carbocycles. The van der Waals surface area contributed by atoms with E-state index in [1.54, 1.807) is 0 Å². The molecule has 1 N–H and O–H groups in total. The lowest BCUT2D eigenvalue weighted by atomic mass is 10.1. The lowest BCUT2D eigenvalue weighted by molar-refractivity contribution is 0.169. The third-order valence-electron chi connectivity index (χ3n) is 3.63. The van der Waals surface area contributed by atoms with E-state index in [1.165, 1.54) is 5.56 Å². The van der Waals surface area contributed by atoms with Crippen molar-refractivity contribution in [3.8, 4) is 11.5 Å². The first-order chi connectivity index (χ1) is 9.34. The lowest BCUT2D eigenvalue weighted by Crippen LogP contribution is -2.44. The van der Waals surface area contributed by atoms with Gasteiger partial charge in [0.1, 0.15) is 13.2 Å². The maximum Gasteiger partial charge on any atom is 0.180 e. The molecule has 2 heterocycles. The van der Waals surface area contributed by atoms with Crippen LogP contribution in [0.5, 0.6) is 11.5 Å². The van der Waals surface area contributed by atoms with Gasteiger partial charge in [-0.15, -0.1) is 0 Å². The Balaban J connectivity index is 1.70. The fourth-order valence-electron chi connectivity index (χ4n) is 2.57. The van der Waals surface area contributed by atoms with Gasteiger partial charge in [-0.1, -0.05) is 17.7 Å². The van der Waals surface area contributed by atoms with E-state index < -0.39 is 0 Å². The van der Waals surface area contributed by atoms with Gasteiger partial charge in [0, 0.05) is 32.7 Å². The topological polar surface area (TPSA) is 33.7 Å². The molecule has 104 valence electrons. The van der Waals surface area contributed by atoms with Gasteiger partial charge in [0.2, 0.25) is 0 Å². The zero-order chi connectivity index (χ0) is 13.1. The molecule has 2 aliphatic rings. The number of benzene rings is 1. The summed E-state index contributed by atoms with van der Waals surface area (Å²) in [5.41, 5.74) is 1.19. The van der Waals surface area contributed by atoms with E-state index in [4.69, 9.17) is 21.1 Å². The van der Waals surface area contributed by atoms with Gasteiger partial charge in [-0.25, -0.2) is 0 Å². The average molecular weight is 283 g/mol. The van der Waals surface area contributed by atoms with Crippen molar-refractivity contribution in [2.24, 2.45) is 0 Å². The maximum absolute atomic E-state index is 6.14. The molecule has 0 radical (unpaired) electrons. The molecule has 1 aromatic carbocycles. The maximum atomic E-state index is 6.14. The minimum atomic E-state index is 0.577. The van der Waals surface area contributed by atoms with Crippen molar-refractivity contribution < 1.29 is 9.47 Å². The molecule has 0 saturated carbocycles. The minimum absolute atomic E-state index is 0.577. The number of piperazine rings is 1. The van der Waals surface area contributed by atoms with Crippen LogP contribution in [0.4, 0.5) is 0 Å². The number of hydrogen-bond donors (Lipinski definition) is 1. The number of ether oxygens (including phenoxy) is 2. The van der Waals surface area contributed by atoms with Gasteiger partial charge >= 0.3 is 0 Å². The molecular weight excluding hydrogens is 264 g/mol. The molecule has 4 nitrogen and oxygen atoms in total. The Hall–Kier alpha value is -0.970. The molecular formula is C14H19ClN2O2. The highest BCUT2D eigenvalue weighted by Gasteiger charge is 2.20. The molecule has 1 fully saturated rings. The van der Waals surface area contributed by atoms with Crippen molar-refractivity contribution in [2.75, 3.05) is 45.9 Å². The van der Waals surface area contributed by atoms with Gasteiger partial charge in [0.15, 0.2) is 11.5 Å². The number of rotatable bonds is 3. The molecule has 1 aromatic rings. The van der Waals surface area contributed by atoms with Crippen LogP contribution in [0.1, 0.15) is 5.56 Å². The third-order valence-corrected chi connectivity index (χ3v) is 3.93. The van der Waals surface area contributed by atoms with Crippen LogP contribution in [0.15, 0.2) is 12.1 Å². The highest BCUT2D eigenvalue weighted by atomic mass is 35.5. The Bertz CT molecular complexity index is 447. The van der Waals surface area contributed by atoms with E-state index in [1.807, 2.05) is 6.07 Å². The molecule has 3 rings (SSSR count). The summed E-state index contributed by atoms with van der Waals surface area (Å²) in [6, 6.07) is 3.96. The highest BCUT2D eigenvalue weighted by molar-refractivity contribution is 6.32. The summed E-state index contributed by atoms with van der Waals surface area (Å²) >= 11 is 6.14. The number of nitrogens with one attached hydrogen (secondary N) is 1. The summed E-state index contributed by atoms with van der Waals surface area (Å²) in [7, 11) is 0. The van der Waals surface area contributed by atoms with Crippen LogP contribution in [0.3, 0.4) is 0 Å². The molecule has 2 aliphatic heterocycles. The van der Waals surface area contributed by atoms with E-state index in [9.17, 15) is 0 Å². The Kier molecular flexibility index (Phi) is 4.11. The number of hydrogen-bond acceptors (Lipinski definition) is 4. The average Bonchev–Trinajstić information content (AvgIpc) is 2.48. The van der Waals surface area contributed by atoms with Gasteiger partial charge in [-0.05, 0) is 18.1 Å². The minimum Gasteiger partial charge on any atom is -0.486 e. The molecule has 0 atom stereocenters. The van der Waals surface area contributed by atoms with Crippen molar-refractivity contribution in [2.45, 2.75) is 6.42 Å². The molecule has 19 heavy (non-hydrogen) atoms. The van der Waals surface area contributed by atoms with Crippen LogP contribution >= 0.6 is 11.6 Å². The molecule has 0 bridgehead atoms. The van der Waals surface area contributed by atoms with Crippen LogP contribution in [0.2, 0.25) is 5.02 Å². The summed E-state index contributed by atoms with van der Waals surface area (Å²) in [6.07, 6.45) is 0.975. The SMILES string of the molecule is Clc1ccc(CCN2CCNCC2)c2c1OCCO2. The van der Waals surface area contributed by atoms with Crippen LogP contribution < -0.4 is 14.8 Å². The normalized spacial score (nSPS) is 19.4. The van der Waals surface area contributed by atoms with Crippen LogP contribution in [-0.4, -0.2) is 50.8 Å². The monoisotopic (exact) mass is 282 g/mol. The predicted octanol–water partition coefficient (Wildman–Crippen LogP) is 1.56. The smallest absolute Gasteiger partial charge is 0.180 e. The fourth-order valence-corrected chi connectivity index (χ4v) is 2.77. The number of nitrogens with zero attached hydrogens (tertiary/aromatic N) is 1. The van der Waals surface area contributed by atoms with Crippen molar-refractivity contribution >= 4 is 11.6 Å². The van der Waals surface area contributed by atoms with Crippen molar-refractivity contribution in [3.63, 3.8) is 0 Å². The summed E-state index contributed by atoms with van der Waals surface area (Å²) in [5.74, 6) is 1.56. The second-order valence-electron chi connectivity index (χ2n) is 4.90. The molecule has 0 aromatic heterocycles. The first kappa shape index (κ1) is 13.0. The van der Waals surface area contributed by atoms with E-state index in [2.05, 4.69) is 16.3 Å². The van der Waals surface area contributed by atoms with Crippen molar-refractivity contribution in [1.29, 1.82) is 0 Å². The van der Waals surface area contributed by atoms with Crippen LogP contribution in [0.25, 0.3) is 0 Å². The van der Waals surface area contributed by atoms with Gasteiger partial charge in [-0.2, -0.15) is 0 Å². The van der Waals surface area contributed by atoms with E-state index in [0.717, 1.165) is 44.9 Å². The standard InChI is InChI=1S/C14H19ClN2O2/c15-12-2-1-11(13-14(12)19-10-9-18-13)3-6-17-7-4-16-5-8-17/h1-2,16H,3-10H2. The Morgan fingerprint density at radius 2 is 1.84 bits per heavy atom. The number of halogens is 1. The van der Waals surface area contributed by atoms with Gasteiger partial charge < -0.3 is 19.7 Å². The molecule has 1 saturated heterocycles. The fraction of sp³-hybridized carbons (Fsp3) is 0.571. The Morgan fingerprint density at radius 1 is 1.11 bits per heavy atom. The summed E-state index contributed by atoms with van der Waals surface area (Å²) in [4.78, 5) is 2.47. The Morgan fingerprint density at radius 3 is 2.63 bits per heavy atom. The van der Waals surface area contributed by atoms with Gasteiger partial charge in [0.25, 0.3) is 0 Å². The summed E-state index contributed by atoms with van der Waals surface area (Å²) < 4.78 is 11.3. The first-order valence-electron chi connectivity index (χ1n) is 6.84. The van der Waals surface area contributed by atoms with Crippen LogP contribution in [0, 0.1) is 0 Å². The largest absolute Gasteiger partial charge is 0.486 e. The zero-order valence-electron chi connectivity index (χ0n) is 11.0. The number of fused-ring (bicyclic) bond motifs is 1. The zero-order valence-corrected chi connectivity index (χ0v) is 11.7. The van der Waals surface area contributed by atoms with E-state index >= 15 is 0 Å². The summed E-state index contributed by atoms with van der Waals surface area (Å²) in [5, 5.41) is 4.01. The van der Waals surface area contributed by atoms with E-state index in [-0.39, 0.29) is 0 Å². The van der Waals surface area contributed by atoms with Gasteiger partial charge in [0.05, 0.1) is 5.02 Å². The molecule has 0 spiro atoms. The molecule has 0 unspecified atom stereocenters. The second kappa shape index (κ2) is 5.99.